The van der Waals surface area contributed by atoms with E-state index in [-0.39, 0.29) is 29.8 Å². The molecule has 1 amide bonds. The van der Waals surface area contributed by atoms with Crippen molar-refractivity contribution in [3.05, 3.63) is 59.2 Å². The van der Waals surface area contributed by atoms with Gasteiger partial charge in [-0.2, -0.15) is 4.68 Å². The molecule has 0 aliphatic carbocycles. The minimum atomic E-state index is -0.357. The van der Waals surface area contributed by atoms with Crippen LogP contribution in [-0.4, -0.2) is 67.9 Å². The van der Waals surface area contributed by atoms with Gasteiger partial charge in [0.25, 0.3) is 5.91 Å². The van der Waals surface area contributed by atoms with Crippen LogP contribution < -0.4 is 5.32 Å². The fraction of sp³-hybridized carbons (Fsp3) is 0.417. The highest BCUT2D eigenvalue weighted by Crippen LogP contribution is 2.28. The second kappa shape index (κ2) is 9.36. The number of likely N-dealkylation sites (tertiary alicyclic amines) is 1. The summed E-state index contributed by atoms with van der Waals surface area (Å²) in [5, 5.41) is 24.5. The van der Waals surface area contributed by atoms with Crippen molar-refractivity contribution < 1.29 is 14.3 Å². The molecule has 0 radical (unpaired) electrons. The number of benzene rings is 2. The summed E-state index contributed by atoms with van der Waals surface area (Å²) >= 11 is 0. The number of hydrogen-bond acceptors (Lipinski definition) is 6. The van der Waals surface area contributed by atoms with Crippen molar-refractivity contribution in [2.24, 2.45) is 0 Å². The minimum absolute atomic E-state index is 0.0592. The Bertz CT molecular complexity index is 1160. The van der Waals surface area contributed by atoms with Crippen LogP contribution in [0.4, 0.5) is 4.39 Å². The SMILES string of the molecule is Cc1ccc(-c2cc(C(=O)N[C@H](C)CN3CC(O)C3)cc(-n3nnnc3C(C)C)c2)c(F)c1. The van der Waals surface area contributed by atoms with E-state index < -0.39 is 0 Å². The van der Waals surface area contributed by atoms with E-state index in [1.807, 2.05) is 33.8 Å². The highest BCUT2D eigenvalue weighted by atomic mass is 19.1. The summed E-state index contributed by atoms with van der Waals surface area (Å²) in [4.78, 5) is 15.2. The normalized spacial score (nSPS) is 15.5. The summed E-state index contributed by atoms with van der Waals surface area (Å²) in [5.74, 6) is 0.0823. The first kappa shape index (κ1) is 23.0. The Hall–Kier alpha value is -3.17. The van der Waals surface area contributed by atoms with Gasteiger partial charge in [0.2, 0.25) is 0 Å². The molecule has 9 heteroatoms. The van der Waals surface area contributed by atoms with Crippen molar-refractivity contribution in [1.82, 2.24) is 30.4 Å². The third-order valence-electron chi connectivity index (χ3n) is 5.72. The molecule has 1 atom stereocenters. The van der Waals surface area contributed by atoms with Crippen LogP contribution in [0, 0.1) is 12.7 Å². The predicted octanol–water partition coefficient (Wildman–Crippen LogP) is 2.70. The Kier molecular flexibility index (Phi) is 6.53. The van der Waals surface area contributed by atoms with Gasteiger partial charge in [0.15, 0.2) is 5.82 Å². The van der Waals surface area contributed by atoms with Gasteiger partial charge in [0.05, 0.1) is 11.8 Å². The Balaban J connectivity index is 1.69. The number of carbonyl (C=O) groups excluding carboxylic acids is 1. The summed E-state index contributed by atoms with van der Waals surface area (Å²) in [6.07, 6.45) is -0.289. The molecule has 1 saturated heterocycles. The van der Waals surface area contributed by atoms with E-state index in [4.69, 9.17) is 0 Å². The van der Waals surface area contributed by atoms with Crippen LogP contribution in [0.1, 0.15) is 48.4 Å². The number of aliphatic hydroxyl groups is 1. The summed E-state index contributed by atoms with van der Waals surface area (Å²) in [6.45, 7) is 9.59. The van der Waals surface area contributed by atoms with Gasteiger partial charge in [-0.05, 0) is 59.7 Å². The lowest BCUT2D eigenvalue weighted by Crippen LogP contribution is -2.55. The summed E-state index contributed by atoms with van der Waals surface area (Å²) in [7, 11) is 0. The summed E-state index contributed by atoms with van der Waals surface area (Å²) < 4.78 is 16.4. The molecule has 4 rings (SSSR count). The molecule has 0 bridgehead atoms. The van der Waals surface area contributed by atoms with Crippen LogP contribution in [0.2, 0.25) is 0 Å². The third-order valence-corrected chi connectivity index (χ3v) is 5.72. The Morgan fingerprint density at radius 1 is 1.21 bits per heavy atom. The van der Waals surface area contributed by atoms with E-state index in [0.717, 1.165) is 5.56 Å². The number of aromatic nitrogens is 4. The Labute approximate surface area is 192 Å². The van der Waals surface area contributed by atoms with Crippen LogP contribution in [0.15, 0.2) is 36.4 Å². The van der Waals surface area contributed by atoms with Gasteiger partial charge in [-0.1, -0.05) is 26.0 Å². The average Bonchev–Trinajstić information content (AvgIpc) is 3.22. The standard InChI is InChI=1S/C24H29FN6O2/c1-14(2)23-27-28-29-31(23)19-9-17(21-6-5-15(3)7-22(21)25)8-18(10-19)24(33)26-16(4)11-30-12-20(32)13-30/h5-10,14,16,20,32H,11-13H2,1-4H3,(H,26,33)/t16-/m1/s1. The number of β-amino-alcohol motifs (C(OH)–C–C–N with tert-alkyl or cyclic N) is 1. The number of carbonyl (C=O) groups is 1. The van der Waals surface area contributed by atoms with Crippen molar-refractivity contribution in [2.75, 3.05) is 19.6 Å². The van der Waals surface area contributed by atoms with Crippen molar-refractivity contribution in [2.45, 2.75) is 45.8 Å². The van der Waals surface area contributed by atoms with Crippen molar-refractivity contribution in [3.8, 4) is 16.8 Å². The van der Waals surface area contributed by atoms with Crippen molar-refractivity contribution in [3.63, 3.8) is 0 Å². The quantitative estimate of drug-likeness (QED) is 0.572. The first-order valence-corrected chi connectivity index (χ1v) is 11.1. The van der Waals surface area contributed by atoms with Crippen LogP contribution in [0.25, 0.3) is 16.8 Å². The Morgan fingerprint density at radius 3 is 2.64 bits per heavy atom. The fourth-order valence-electron chi connectivity index (χ4n) is 4.04. The highest BCUT2D eigenvalue weighted by Gasteiger charge is 2.26. The van der Waals surface area contributed by atoms with Gasteiger partial charge in [-0.15, -0.1) is 5.10 Å². The number of tetrazole rings is 1. The highest BCUT2D eigenvalue weighted by molar-refractivity contribution is 5.96. The lowest BCUT2D eigenvalue weighted by atomic mass is 9.99. The molecule has 2 aromatic carbocycles. The second-order valence-electron chi connectivity index (χ2n) is 9.10. The lowest BCUT2D eigenvalue weighted by Gasteiger charge is -2.37. The molecule has 1 fully saturated rings. The number of aliphatic hydroxyl groups excluding tert-OH is 1. The average molecular weight is 453 g/mol. The number of nitrogens with one attached hydrogen (secondary N) is 1. The zero-order chi connectivity index (χ0) is 23.7. The van der Waals surface area contributed by atoms with Gasteiger partial charge < -0.3 is 10.4 Å². The van der Waals surface area contributed by atoms with Gasteiger partial charge in [-0.25, -0.2) is 4.39 Å². The number of aryl methyl sites for hydroxylation is 1. The molecule has 0 saturated carbocycles. The maximum atomic E-state index is 14.8. The van der Waals surface area contributed by atoms with E-state index in [9.17, 15) is 14.3 Å². The number of hydrogen-bond donors (Lipinski definition) is 2. The van der Waals surface area contributed by atoms with Crippen molar-refractivity contribution >= 4 is 5.91 Å². The number of rotatable bonds is 7. The maximum absolute atomic E-state index is 14.8. The monoisotopic (exact) mass is 452 g/mol. The molecule has 8 nitrogen and oxygen atoms in total. The zero-order valence-corrected chi connectivity index (χ0v) is 19.3. The molecule has 33 heavy (non-hydrogen) atoms. The number of nitrogens with zero attached hydrogens (tertiary/aromatic N) is 5. The van der Waals surface area contributed by atoms with E-state index >= 15 is 0 Å². The molecular formula is C24H29FN6O2. The van der Waals surface area contributed by atoms with E-state index in [0.29, 0.717) is 47.8 Å². The first-order chi connectivity index (χ1) is 15.7. The van der Waals surface area contributed by atoms with Crippen LogP contribution in [0.5, 0.6) is 0 Å². The Morgan fingerprint density at radius 2 is 1.97 bits per heavy atom. The maximum Gasteiger partial charge on any atom is 0.251 e. The summed E-state index contributed by atoms with van der Waals surface area (Å²) in [6, 6.07) is 10.1. The van der Waals surface area contributed by atoms with E-state index in [1.54, 1.807) is 28.9 Å². The fourth-order valence-corrected chi connectivity index (χ4v) is 4.04. The number of halogens is 1. The molecule has 3 aromatic rings. The minimum Gasteiger partial charge on any atom is -0.390 e. The van der Waals surface area contributed by atoms with Crippen LogP contribution >= 0.6 is 0 Å². The molecule has 1 aliphatic heterocycles. The van der Waals surface area contributed by atoms with Gasteiger partial charge in [0.1, 0.15) is 5.82 Å². The molecule has 174 valence electrons. The predicted molar refractivity (Wildman–Crippen MR) is 123 cm³/mol. The molecular weight excluding hydrogens is 423 g/mol. The lowest BCUT2D eigenvalue weighted by molar-refractivity contribution is -0.00156. The second-order valence-corrected chi connectivity index (χ2v) is 9.10. The van der Waals surface area contributed by atoms with Gasteiger partial charge in [-0.3, -0.25) is 9.69 Å². The van der Waals surface area contributed by atoms with Gasteiger partial charge >= 0.3 is 0 Å². The third kappa shape index (κ3) is 5.09. The topological polar surface area (TPSA) is 96.2 Å². The van der Waals surface area contributed by atoms with E-state index in [2.05, 4.69) is 25.7 Å². The van der Waals surface area contributed by atoms with E-state index in [1.165, 1.54) is 6.07 Å². The van der Waals surface area contributed by atoms with Gasteiger partial charge in [0, 0.05) is 42.7 Å². The summed E-state index contributed by atoms with van der Waals surface area (Å²) in [5.41, 5.74) is 2.77. The molecule has 2 heterocycles. The molecule has 0 unspecified atom stereocenters. The van der Waals surface area contributed by atoms with Crippen LogP contribution in [-0.2, 0) is 0 Å². The zero-order valence-electron chi connectivity index (χ0n) is 19.3. The molecule has 1 aromatic heterocycles. The van der Waals surface area contributed by atoms with Crippen molar-refractivity contribution in [1.29, 1.82) is 0 Å². The number of amides is 1. The largest absolute Gasteiger partial charge is 0.390 e. The molecule has 1 aliphatic rings. The first-order valence-electron chi connectivity index (χ1n) is 11.1. The smallest absolute Gasteiger partial charge is 0.251 e. The van der Waals surface area contributed by atoms with Crippen LogP contribution in [0.3, 0.4) is 0 Å². The molecule has 2 N–H and O–H groups in total. The molecule has 0 spiro atoms.